The predicted octanol–water partition coefficient (Wildman–Crippen LogP) is 2.34. The number of amides is 1. The summed E-state index contributed by atoms with van der Waals surface area (Å²) in [4.78, 5) is 13.5. The molecule has 2 atom stereocenters. The van der Waals surface area contributed by atoms with Crippen molar-refractivity contribution in [3.05, 3.63) is 23.8 Å². The fourth-order valence-electron chi connectivity index (χ4n) is 3.03. The van der Waals surface area contributed by atoms with Gasteiger partial charge in [0.05, 0.1) is 13.2 Å². The Kier molecular flexibility index (Phi) is 4.58. The Morgan fingerprint density at radius 1 is 1.17 bits per heavy atom. The lowest BCUT2D eigenvalue weighted by atomic mass is 9.97. The minimum atomic E-state index is -4.47. The molecule has 132 valence electrons. The number of carbonyl (C=O) groups excluding carboxylic acids is 1. The zero-order chi connectivity index (χ0) is 17.3. The topological polar surface area (TPSA) is 64.8 Å². The van der Waals surface area contributed by atoms with Crippen LogP contribution in [0.25, 0.3) is 0 Å². The Morgan fingerprint density at radius 2 is 1.88 bits per heavy atom. The van der Waals surface area contributed by atoms with Crippen LogP contribution in [0.5, 0.6) is 11.5 Å². The quantitative estimate of drug-likeness (QED) is 0.849. The van der Waals surface area contributed by atoms with Crippen LogP contribution in [0.15, 0.2) is 18.2 Å². The van der Waals surface area contributed by atoms with Crippen LogP contribution < -0.4 is 15.2 Å². The molecule has 1 fully saturated rings. The molecule has 5 nitrogen and oxygen atoms in total. The minimum absolute atomic E-state index is 0.114. The van der Waals surface area contributed by atoms with Gasteiger partial charge in [-0.25, -0.2) is 0 Å². The van der Waals surface area contributed by atoms with E-state index >= 15 is 0 Å². The second-order valence-electron chi connectivity index (χ2n) is 6.06. The first-order valence-electron chi connectivity index (χ1n) is 7.89. The summed E-state index contributed by atoms with van der Waals surface area (Å²) >= 11 is 0. The van der Waals surface area contributed by atoms with E-state index in [9.17, 15) is 18.0 Å². The van der Waals surface area contributed by atoms with Crippen molar-refractivity contribution >= 4 is 5.91 Å². The van der Waals surface area contributed by atoms with Crippen molar-refractivity contribution in [3.8, 4) is 11.5 Å². The highest BCUT2D eigenvalue weighted by Crippen LogP contribution is 2.35. The standard InChI is InChI=1S/C16H19F3N2O3/c17-16(18,19)14-5-3-11(20)9-21(14)15(22)10-2-4-12-13(8-10)24-7-1-6-23-12/h2,4,8,11,14H,1,3,5-7,9,20H2/t11-,14-/m0/s1. The van der Waals surface area contributed by atoms with E-state index in [2.05, 4.69) is 0 Å². The molecule has 3 rings (SSSR count). The zero-order valence-electron chi connectivity index (χ0n) is 13.0. The van der Waals surface area contributed by atoms with Gasteiger partial charge in [-0.1, -0.05) is 0 Å². The molecule has 0 radical (unpaired) electrons. The van der Waals surface area contributed by atoms with Crippen molar-refractivity contribution < 1.29 is 27.4 Å². The Morgan fingerprint density at radius 3 is 2.58 bits per heavy atom. The van der Waals surface area contributed by atoms with Gasteiger partial charge in [0, 0.05) is 24.6 Å². The van der Waals surface area contributed by atoms with E-state index in [1.54, 1.807) is 6.07 Å². The fraction of sp³-hybridized carbons (Fsp3) is 0.562. The summed E-state index contributed by atoms with van der Waals surface area (Å²) in [6, 6.07) is 2.20. The van der Waals surface area contributed by atoms with Crippen molar-refractivity contribution in [3.63, 3.8) is 0 Å². The lowest BCUT2D eigenvalue weighted by Gasteiger charge is -2.39. The zero-order valence-corrected chi connectivity index (χ0v) is 13.0. The second-order valence-corrected chi connectivity index (χ2v) is 6.06. The molecule has 0 saturated carbocycles. The number of fused-ring (bicyclic) bond motifs is 1. The molecule has 2 aliphatic heterocycles. The van der Waals surface area contributed by atoms with Crippen LogP contribution in [-0.4, -0.2) is 48.8 Å². The Bertz CT molecular complexity index is 621. The molecule has 0 bridgehead atoms. The number of hydrogen-bond acceptors (Lipinski definition) is 4. The SMILES string of the molecule is N[C@H]1CC[C@@H](C(F)(F)F)N(C(=O)c2ccc3c(c2)OCCCO3)C1. The maximum absolute atomic E-state index is 13.2. The number of nitrogens with zero attached hydrogens (tertiary/aromatic N) is 1. The molecule has 1 aromatic rings. The van der Waals surface area contributed by atoms with Gasteiger partial charge in [0.2, 0.25) is 0 Å². The highest BCUT2D eigenvalue weighted by atomic mass is 19.4. The van der Waals surface area contributed by atoms with Crippen LogP contribution in [0.1, 0.15) is 29.6 Å². The normalized spacial score (nSPS) is 24.4. The third-order valence-electron chi connectivity index (χ3n) is 4.25. The molecule has 24 heavy (non-hydrogen) atoms. The Hall–Kier alpha value is -1.96. The molecule has 2 aliphatic rings. The number of halogens is 3. The van der Waals surface area contributed by atoms with E-state index < -0.39 is 24.2 Å². The summed E-state index contributed by atoms with van der Waals surface area (Å²) in [5.41, 5.74) is 5.91. The number of hydrogen-bond donors (Lipinski definition) is 1. The van der Waals surface area contributed by atoms with Crippen molar-refractivity contribution in [1.29, 1.82) is 0 Å². The van der Waals surface area contributed by atoms with Gasteiger partial charge in [-0.3, -0.25) is 4.79 Å². The molecule has 0 unspecified atom stereocenters. The van der Waals surface area contributed by atoms with Crippen molar-refractivity contribution in [2.24, 2.45) is 5.73 Å². The maximum atomic E-state index is 13.2. The number of likely N-dealkylation sites (tertiary alicyclic amines) is 1. The monoisotopic (exact) mass is 344 g/mol. The molecule has 1 aromatic carbocycles. The van der Waals surface area contributed by atoms with E-state index in [1.165, 1.54) is 12.1 Å². The second kappa shape index (κ2) is 6.51. The van der Waals surface area contributed by atoms with Crippen molar-refractivity contribution in [2.75, 3.05) is 19.8 Å². The van der Waals surface area contributed by atoms with Gasteiger partial charge in [0.1, 0.15) is 6.04 Å². The van der Waals surface area contributed by atoms with Gasteiger partial charge < -0.3 is 20.1 Å². The fourth-order valence-corrected chi connectivity index (χ4v) is 3.03. The summed E-state index contributed by atoms with van der Waals surface area (Å²) < 4.78 is 50.7. The number of alkyl halides is 3. The van der Waals surface area contributed by atoms with Crippen LogP contribution >= 0.6 is 0 Å². The maximum Gasteiger partial charge on any atom is 0.408 e. The van der Waals surface area contributed by atoms with Crippen LogP contribution in [0.3, 0.4) is 0 Å². The van der Waals surface area contributed by atoms with E-state index in [-0.39, 0.29) is 24.9 Å². The average Bonchev–Trinajstić information content (AvgIpc) is 2.77. The molecule has 0 spiro atoms. The van der Waals surface area contributed by atoms with Crippen LogP contribution in [0.2, 0.25) is 0 Å². The lowest BCUT2D eigenvalue weighted by molar-refractivity contribution is -0.184. The smallest absolute Gasteiger partial charge is 0.408 e. The first-order valence-corrected chi connectivity index (χ1v) is 7.89. The van der Waals surface area contributed by atoms with Gasteiger partial charge in [-0.2, -0.15) is 13.2 Å². The van der Waals surface area contributed by atoms with Crippen molar-refractivity contribution in [1.82, 2.24) is 4.90 Å². The Labute approximate surface area is 137 Å². The summed E-state index contributed by atoms with van der Waals surface area (Å²) in [7, 11) is 0. The molecule has 2 N–H and O–H groups in total. The van der Waals surface area contributed by atoms with Gasteiger partial charge in [-0.05, 0) is 31.0 Å². The third-order valence-corrected chi connectivity index (χ3v) is 4.25. The van der Waals surface area contributed by atoms with Gasteiger partial charge >= 0.3 is 6.18 Å². The average molecular weight is 344 g/mol. The number of ether oxygens (including phenoxy) is 2. The summed E-state index contributed by atoms with van der Waals surface area (Å²) in [5.74, 6) is 0.179. The first kappa shape index (κ1) is 16.9. The lowest BCUT2D eigenvalue weighted by Crippen LogP contribution is -2.56. The van der Waals surface area contributed by atoms with E-state index in [4.69, 9.17) is 15.2 Å². The first-order chi connectivity index (χ1) is 11.4. The van der Waals surface area contributed by atoms with E-state index in [0.717, 1.165) is 4.90 Å². The van der Waals surface area contributed by atoms with E-state index in [0.29, 0.717) is 31.1 Å². The highest BCUT2D eigenvalue weighted by Gasteiger charge is 2.47. The van der Waals surface area contributed by atoms with Crippen LogP contribution in [0, 0.1) is 0 Å². The molecule has 1 amide bonds. The highest BCUT2D eigenvalue weighted by molar-refractivity contribution is 5.95. The van der Waals surface area contributed by atoms with E-state index in [1.807, 2.05) is 0 Å². The third kappa shape index (κ3) is 3.43. The van der Waals surface area contributed by atoms with Gasteiger partial charge in [0.25, 0.3) is 5.91 Å². The largest absolute Gasteiger partial charge is 0.490 e. The number of nitrogens with two attached hydrogens (primary N) is 1. The molecule has 1 saturated heterocycles. The molecular weight excluding hydrogens is 325 g/mol. The van der Waals surface area contributed by atoms with Gasteiger partial charge in [0.15, 0.2) is 11.5 Å². The Balaban J connectivity index is 1.87. The number of rotatable bonds is 1. The summed E-state index contributed by atoms with van der Waals surface area (Å²) in [6.45, 7) is 0.819. The molecule has 0 aliphatic carbocycles. The number of carbonyl (C=O) groups is 1. The minimum Gasteiger partial charge on any atom is -0.490 e. The number of benzene rings is 1. The van der Waals surface area contributed by atoms with Crippen LogP contribution in [0.4, 0.5) is 13.2 Å². The van der Waals surface area contributed by atoms with Crippen molar-refractivity contribution in [2.45, 2.75) is 37.5 Å². The molecular formula is C16H19F3N2O3. The van der Waals surface area contributed by atoms with Crippen LogP contribution in [-0.2, 0) is 0 Å². The summed E-state index contributed by atoms with van der Waals surface area (Å²) in [5, 5.41) is 0. The molecule has 8 heteroatoms. The number of piperidine rings is 1. The predicted molar refractivity (Wildman–Crippen MR) is 80.1 cm³/mol. The summed E-state index contributed by atoms with van der Waals surface area (Å²) in [6.07, 6.45) is -3.70. The molecule has 2 heterocycles. The van der Waals surface area contributed by atoms with Gasteiger partial charge in [-0.15, -0.1) is 0 Å². The molecule has 0 aromatic heterocycles.